The van der Waals surface area contributed by atoms with E-state index in [1.165, 1.54) is 109 Å². The fourth-order valence-electron chi connectivity index (χ4n) is 11.7. The highest BCUT2D eigenvalue weighted by molar-refractivity contribution is 7.26. The Morgan fingerprint density at radius 2 is 0.696 bits per heavy atom. The van der Waals surface area contributed by atoms with Crippen LogP contribution in [0.25, 0.3) is 86.9 Å². The van der Waals surface area contributed by atoms with Gasteiger partial charge in [-0.25, -0.2) is 0 Å². The van der Waals surface area contributed by atoms with E-state index in [9.17, 15) is 0 Å². The highest BCUT2D eigenvalue weighted by Gasteiger charge is 2.53. The minimum atomic E-state index is -0.510. The van der Waals surface area contributed by atoms with E-state index in [2.05, 4.69) is 266 Å². The van der Waals surface area contributed by atoms with Crippen LogP contribution in [0.3, 0.4) is 0 Å². The predicted molar refractivity (Wildman–Crippen MR) is 292 cm³/mol. The molecule has 2 heteroatoms. The van der Waals surface area contributed by atoms with Crippen molar-refractivity contribution in [1.82, 2.24) is 0 Å². The van der Waals surface area contributed by atoms with E-state index in [1.54, 1.807) is 0 Å². The number of rotatable bonds is 7. The maximum atomic E-state index is 2.56. The normalized spacial score (nSPS) is 12.8. The number of benzene rings is 11. The first-order valence-corrected chi connectivity index (χ1v) is 24.6. The number of hydrogen-bond acceptors (Lipinski definition) is 2. The molecule has 1 nitrogen and oxygen atoms in total. The van der Waals surface area contributed by atoms with Crippen molar-refractivity contribution in [2.24, 2.45) is 0 Å². The minimum absolute atomic E-state index is 0.510. The Morgan fingerprint density at radius 1 is 0.275 bits per heavy atom. The van der Waals surface area contributed by atoms with Crippen molar-refractivity contribution in [3.05, 3.63) is 283 Å². The van der Waals surface area contributed by atoms with Crippen LogP contribution in [0, 0.1) is 0 Å². The Morgan fingerprint density at radius 3 is 1.25 bits per heavy atom. The van der Waals surface area contributed by atoms with Gasteiger partial charge in [0.2, 0.25) is 0 Å². The van der Waals surface area contributed by atoms with Gasteiger partial charge >= 0.3 is 0 Å². The summed E-state index contributed by atoms with van der Waals surface area (Å²) < 4.78 is 2.63. The van der Waals surface area contributed by atoms with Crippen LogP contribution in [0.4, 0.5) is 17.1 Å². The lowest BCUT2D eigenvalue weighted by molar-refractivity contribution is 0.795. The van der Waals surface area contributed by atoms with Gasteiger partial charge in [0.1, 0.15) is 0 Å². The highest BCUT2D eigenvalue weighted by atomic mass is 32.1. The molecule has 0 fully saturated rings. The molecule has 0 saturated carbocycles. The van der Waals surface area contributed by atoms with Crippen molar-refractivity contribution < 1.29 is 0 Å². The summed E-state index contributed by atoms with van der Waals surface area (Å²) in [7, 11) is 0. The van der Waals surface area contributed by atoms with Crippen LogP contribution in [0.1, 0.15) is 22.3 Å². The van der Waals surface area contributed by atoms with Gasteiger partial charge in [0.05, 0.1) is 5.41 Å². The van der Waals surface area contributed by atoms with Crippen molar-refractivity contribution >= 4 is 48.6 Å². The molecule has 0 atom stereocenters. The topological polar surface area (TPSA) is 3.24 Å². The van der Waals surface area contributed by atoms with E-state index in [4.69, 9.17) is 0 Å². The number of fused-ring (bicyclic) bond motifs is 13. The molecular formula is C67H43NS. The number of nitrogens with zero attached hydrogens (tertiary/aromatic N) is 1. The maximum absolute atomic E-state index is 2.56. The summed E-state index contributed by atoms with van der Waals surface area (Å²) in [6, 6.07) is 96.7. The summed E-state index contributed by atoms with van der Waals surface area (Å²) in [5.74, 6) is 0. The van der Waals surface area contributed by atoms with E-state index in [0.29, 0.717) is 0 Å². The number of thiophene rings is 1. The summed E-state index contributed by atoms with van der Waals surface area (Å²) in [4.78, 5) is 2.44. The molecule has 0 saturated heterocycles. The molecule has 0 radical (unpaired) electrons. The SMILES string of the molecule is c1ccc(-c2ccc(-c3ccc(N(c4ccc(-c5ccccc5)cc4)c4ccc5c(c4)-c4c(cc6sc7ccccc7c6c4-c4ccccc4)C54c5ccccc5-c5ccccc54)cc3)cc2)cc1. The maximum Gasteiger partial charge on any atom is 0.0726 e. The molecule has 2 aliphatic carbocycles. The number of anilines is 3. The average Bonchev–Trinajstić information content (AvgIpc) is 4.05. The van der Waals surface area contributed by atoms with E-state index in [1.807, 2.05) is 11.3 Å². The molecule has 1 heterocycles. The van der Waals surface area contributed by atoms with Gasteiger partial charge in [-0.3, -0.25) is 0 Å². The lowest BCUT2D eigenvalue weighted by atomic mass is 9.70. The third kappa shape index (κ3) is 6.09. The summed E-state index contributed by atoms with van der Waals surface area (Å²) in [6.07, 6.45) is 0. The average molecular weight is 894 g/mol. The van der Waals surface area contributed by atoms with Crippen LogP contribution >= 0.6 is 11.3 Å². The highest BCUT2D eigenvalue weighted by Crippen LogP contribution is 2.66. The molecule has 0 amide bonds. The van der Waals surface area contributed by atoms with E-state index < -0.39 is 5.41 Å². The second-order valence-corrected chi connectivity index (χ2v) is 19.4. The Bertz CT molecular complexity index is 3860. The van der Waals surface area contributed by atoms with Gasteiger partial charge in [0, 0.05) is 37.2 Å². The van der Waals surface area contributed by atoms with E-state index in [-0.39, 0.29) is 0 Å². The quantitative estimate of drug-likeness (QED) is 0.154. The molecule has 12 aromatic rings. The zero-order chi connectivity index (χ0) is 45.5. The molecule has 1 spiro atoms. The first kappa shape index (κ1) is 39.6. The third-order valence-corrected chi connectivity index (χ3v) is 15.8. The molecule has 0 aliphatic heterocycles. The molecular weight excluding hydrogens is 851 g/mol. The molecule has 69 heavy (non-hydrogen) atoms. The Kier molecular flexibility index (Phi) is 9.05. The standard InChI is InChI=1S/C67H43NS/c1-4-16-44(17-5-1)46-28-30-47(31-29-46)49-34-38-52(39-35-49)68(51-36-32-48(33-37-51)45-18-6-2-7-19-45)53-40-41-60-57(42-53)65-61(67(60)58-25-13-10-22-54(58)55-23-11-14-26-59(55)67)43-63-66(56-24-12-15-27-62(56)69-63)64(65)50-20-8-3-9-21-50/h1-43H. The van der Waals surface area contributed by atoms with Gasteiger partial charge in [0.25, 0.3) is 0 Å². The van der Waals surface area contributed by atoms with Crippen LogP contribution < -0.4 is 4.90 Å². The summed E-state index contributed by atoms with van der Waals surface area (Å²) in [5.41, 5.74) is 23.1. The number of hydrogen-bond donors (Lipinski definition) is 0. The molecule has 1 aromatic heterocycles. The molecule has 322 valence electrons. The van der Waals surface area contributed by atoms with Gasteiger partial charge in [-0.1, -0.05) is 212 Å². The minimum Gasteiger partial charge on any atom is -0.310 e. The van der Waals surface area contributed by atoms with Gasteiger partial charge < -0.3 is 4.90 Å². The second kappa shape index (κ2) is 15.8. The fraction of sp³-hybridized carbons (Fsp3) is 0.0149. The van der Waals surface area contributed by atoms with Gasteiger partial charge in [0.15, 0.2) is 0 Å². The smallest absolute Gasteiger partial charge is 0.0726 e. The first-order chi connectivity index (χ1) is 34.2. The monoisotopic (exact) mass is 893 g/mol. The Hall–Kier alpha value is -8.56. The van der Waals surface area contributed by atoms with Gasteiger partial charge in [-0.05, 0) is 138 Å². The van der Waals surface area contributed by atoms with Crippen molar-refractivity contribution in [3.8, 4) is 66.8 Å². The predicted octanol–water partition coefficient (Wildman–Crippen LogP) is 18.5. The third-order valence-electron chi connectivity index (χ3n) is 14.7. The van der Waals surface area contributed by atoms with Gasteiger partial charge in [-0.2, -0.15) is 0 Å². The van der Waals surface area contributed by atoms with E-state index in [0.717, 1.165) is 17.1 Å². The van der Waals surface area contributed by atoms with Crippen LogP contribution in [0.15, 0.2) is 261 Å². The van der Waals surface area contributed by atoms with Crippen LogP contribution in [0.5, 0.6) is 0 Å². The largest absolute Gasteiger partial charge is 0.310 e. The van der Waals surface area contributed by atoms with Crippen LogP contribution in [-0.4, -0.2) is 0 Å². The summed E-state index contributed by atoms with van der Waals surface area (Å²) >= 11 is 1.91. The molecule has 0 bridgehead atoms. The lowest BCUT2D eigenvalue weighted by Crippen LogP contribution is -2.26. The Labute approximate surface area is 406 Å². The zero-order valence-electron chi connectivity index (χ0n) is 37.7. The van der Waals surface area contributed by atoms with Crippen LogP contribution in [0.2, 0.25) is 0 Å². The summed E-state index contributed by atoms with van der Waals surface area (Å²) in [5, 5.41) is 2.63. The van der Waals surface area contributed by atoms with Crippen molar-refractivity contribution in [2.45, 2.75) is 5.41 Å². The summed E-state index contributed by atoms with van der Waals surface area (Å²) in [6.45, 7) is 0. The lowest BCUT2D eigenvalue weighted by Gasteiger charge is -2.31. The zero-order valence-corrected chi connectivity index (χ0v) is 38.5. The molecule has 0 N–H and O–H groups in total. The Balaban J connectivity index is 1.01. The first-order valence-electron chi connectivity index (χ1n) is 23.8. The van der Waals surface area contributed by atoms with Crippen molar-refractivity contribution in [1.29, 1.82) is 0 Å². The molecule has 11 aromatic carbocycles. The molecule has 2 aliphatic rings. The second-order valence-electron chi connectivity index (χ2n) is 18.3. The van der Waals surface area contributed by atoms with Crippen LogP contribution in [-0.2, 0) is 5.41 Å². The van der Waals surface area contributed by atoms with Crippen molar-refractivity contribution in [3.63, 3.8) is 0 Å². The fourth-order valence-corrected chi connectivity index (χ4v) is 12.8. The van der Waals surface area contributed by atoms with E-state index >= 15 is 0 Å². The molecule has 14 rings (SSSR count). The van der Waals surface area contributed by atoms with Crippen molar-refractivity contribution in [2.75, 3.05) is 4.90 Å². The molecule has 0 unspecified atom stereocenters. The van der Waals surface area contributed by atoms with Gasteiger partial charge in [-0.15, -0.1) is 11.3 Å².